The van der Waals surface area contributed by atoms with E-state index in [1.54, 1.807) is 25.1 Å². The first-order valence-electron chi connectivity index (χ1n) is 3.77. The van der Waals surface area contributed by atoms with Gasteiger partial charge in [0.05, 0.1) is 0 Å². The zero-order valence-corrected chi connectivity index (χ0v) is 7.04. The normalized spacial score (nSPS) is 9.75. The lowest BCUT2D eigenvalue weighted by atomic mass is 10.1. The van der Waals surface area contributed by atoms with Gasteiger partial charge in [-0.25, -0.2) is 0 Å². The molecule has 0 unspecified atom stereocenters. The summed E-state index contributed by atoms with van der Waals surface area (Å²) < 4.78 is 0. The van der Waals surface area contributed by atoms with Gasteiger partial charge in [-0.15, -0.1) is 6.58 Å². The van der Waals surface area contributed by atoms with E-state index in [0.717, 1.165) is 0 Å². The second-order valence-corrected chi connectivity index (χ2v) is 2.76. The lowest BCUT2D eigenvalue weighted by molar-refractivity contribution is 0.452. The number of aromatic hydroxyl groups is 2. The third-order valence-corrected chi connectivity index (χ3v) is 1.76. The molecule has 64 valence electrons. The summed E-state index contributed by atoms with van der Waals surface area (Å²) in [4.78, 5) is 0. The maximum atomic E-state index is 9.39. The first-order chi connectivity index (χ1) is 5.65. The molecule has 2 N–H and O–H groups in total. The number of phenolic OH excluding ortho intramolecular Hbond substituents is 2. The van der Waals surface area contributed by atoms with E-state index in [9.17, 15) is 10.2 Å². The third-order valence-electron chi connectivity index (χ3n) is 1.76. The van der Waals surface area contributed by atoms with E-state index >= 15 is 0 Å². The minimum atomic E-state index is 0.213. The van der Waals surface area contributed by atoms with Gasteiger partial charge in [-0.05, 0) is 31.0 Å². The molecule has 0 saturated carbocycles. The molecule has 0 fully saturated rings. The molecule has 2 heteroatoms. The zero-order valence-electron chi connectivity index (χ0n) is 7.04. The highest BCUT2D eigenvalue weighted by Gasteiger charge is 2.03. The first kappa shape index (κ1) is 8.65. The van der Waals surface area contributed by atoms with Gasteiger partial charge in [-0.2, -0.15) is 0 Å². The van der Waals surface area contributed by atoms with Gasteiger partial charge in [0.1, 0.15) is 11.5 Å². The van der Waals surface area contributed by atoms with Crippen LogP contribution in [0.3, 0.4) is 0 Å². The SMILES string of the molecule is C=CCc1cc(O)c(C)cc1O. The van der Waals surface area contributed by atoms with Crippen molar-refractivity contribution in [1.29, 1.82) is 0 Å². The molecule has 0 aliphatic heterocycles. The molecule has 2 nitrogen and oxygen atoms in total. The van der Waals surface area contributed by atoms with Crippen LogP contribution >= 0.6 is 0 Å². The minimum Gasteiger partial charge on any atom is -0.508 e. The highest BCUT2D eigenvalue weighted by atomic mass is 16.3. The van der Waals surface area contributed by atoms with Crippen molar-refractivity contribution in [2.45, 2.75) is 13.3 Å². The number of hydrogen-bond acceptors (Lipinski definition) is 2. The van der Waals surface area contributed by atoms with Crippen LogP contribution in [0.5, 0.6) is 11.5 Å². The molecule has 0 saturated heterocycles. The molecular formula is C10H12O2. The number of allylic oxidation sites excluding steroid dienone is 1. The molecule has 1 rings (SSSR count). The maximum Gasteiger partial charge on any atom is 0.119 e. The van der Waals surface area contributed by atoms with Crippen LogP contribution in [0.2, 0.25) is 0 Å². The average molecular weight is 164 g/mol. The number of aryl methyl sites for hydroxylation is 1. The van der Waals surface area contributed by atoms with Gasteiger partial charge in [0, 0.05) is 5.56 Å². The van der Waals surface area contributed by atoms with E-state index in [2.05, 4.69) is 6.58 Å². The van der Waals surface area contributed by atoms with Crippen molar-refractivity contribution in [2.24, 2.45) is 0 Å². The van der Waals surface area contributed by atoms with Crippen molar-refractivity contribution in [3.63, 3.8) is 0 Å². The van der Waals surface area contributed by atoms with Crippen molar-refractivity contribution in [2.75, 3.05) is 0 Å². The van der Waals surface area contributed by atoms with Crippen LogP contribution in [-0.2, 0) is 6.42 Å². The maximum absolute atomic E-state index is 9.39. The summed E-state index contributed by atoms with van der Waals surface area (Å²) in [5, 5.41) is 18.7. The standard InChI is InChI=1S/C10H12O2/c1-3-4-8-6-9(11)7(2)5-10(8)12/h3,5-6,11-12H,1,4H2,2H3. The largest absolute Gasteiger partial charge is 0.508 e. The Labute approximate surface area is 71.8 Å². The van der Waals surface area contributed by atoms with Crippen LogP contribution in [0.4, 0.5) is 0 Å². The Balaban J connectivity index is 3.13. The van der Waals surface area contributed by atoms with E-state index in [4.69, 9.17) is 0 Å². The minimum absolute atomic E-state index is 0.213. The fourth-order valence-electron chi connectivity index (χ4n) is 1.04. The van der Waals surface area contributed by atoms with Crippen molar-refractivity contribution in [1.82, 2.24) is 0 Å². The van der Waals surface area contributed by atoms with Gasteiger partial charge >= 0.3 is 0 Å². The molecule has 1 aromatic rings. The molecule has 0 radical (unpaired) electrons. The molecule has 0 aromatic heterocycles. The Bertz CT molecular complexity index is 303. The van der Waals surface area contributed by atoms with Gasteiger partial charge in [0.2, 0.25) is 0 Å². The second kappa shape index (κ2) is 3.30. The van der Waals surface area contributed by atoms with E-state index in [1.807, 2.05) is 0 Å². The van der Waals surface area contributed by atoms with Gasteiger partial charge in [0.15, 0.2) is 0 Å². The topological polar surface area (TPSA) is 40.5 Å². The van der Waals surface area contributed by atoms with Gasteiger partial charge < -0.3 is 10.2 Å². The Kier molecular flexibility index (Phi) is 2.38. The first-order valence-corrected chi connectivity index (χ1v) is 3.77. The van der Waals surface area contributed by atoms with Crippen molar-refractivity contribution in [3.8, 4) is 11.5 Å². The summed E-state index contributed by atoms with van der Waals surface area (Å²) in [6.07, 6.45) is 2.25. The van der Waals surface area contributed by atoms with E-state index in [-0.39, 0.29) is 11.5 Å². The van der Waals surface area contributed by atoms with Crippen molar-refractivity contribution in [3.05, 3.63) is 35.9 Å². The summed E-state index contributed by atoms with van der Waals surface area (Å²) in [6, 6.07) is 3.11. The third kappa shape index (κ3) is 1.59. The smallest absolute Gasteiger partial charge is 0.119 e. The number of rotatable bonds is 2. The Morgan fingerprint density at radius 1 is 1.33 bits per heavy atom. The number of benzene rings is 1. The molecule has 1 aromatic carbocycles. The molecule has 12 heavy (non-hydrogen) atoms. The summed E-state index contributed by atoms with van der Waals surface area (Å²) in [6.45, 7) is 5.30. The highest BCUT2D eigenvalue weighted by Crippen LogP contribution is 2.26. The van der Waals surface area contributed by atoms with Gasteiger partial charge in [-0.1, -0.05) is 6.08 Å². The van der Waals surface area contributed by atoms with Crippen LogP contribution in [0.25, 0.3) is 0 Å². The lowest BCUT2D eigenvalue weighted by Crippen LogP contribution is -1.84. The molecule has 0 heterocycles. The molecule has 0 aliphatic rings. The van der Waals surface area contributed by atoms with Crippen LogP contribution in [0, 0.1) is 6.92 Å². The molecule has 0 atom stereocenters. The predicted octanol–water partition coefficient (Wildman–Crippen LogP) is 2.13. The van der Waals surface area contributed by atoms with Crippen LogP contribution in [0.1, 0.15) is 11.1 Å². The molecule has 0 bridgehead atoms. The molecular weight excluding hydrogens is 152 g/mol. The van der Waals surface area contributed by atoms with E-state index in [1.165, 1.54) is 0 Å². The van der Waals surface area contributed by atoms with Crippen LogP contribution < -0.4 is 0 Å². The quantitative estimate of drug-likeness (QED) is 0.519. The van der Waals surface area contributed by atoms with Crippen LogP contribution in [0.15, 0.2) is 24.8 Å². The Hall–Kier alpha value is -1.44. The van der Waals surface area contributed by atoms with Crippen molar-refractivity contribution >= 4 is 0 Å². The fourth-order valence-corrected chi connectivity index (χ4v) is 1.04. The number of hydrogen-bond donors (Lipinski definition) is 2. The van der Waals surface area contributed by atoms with E-state index < -0.39 is 0 Å². The summed E-state index contributed by atoms with van der Waals surface area (Å²) in [5.74, 6) is 0.426. The van der Waals surface area contributed by atoms with E-state index in [0.29, 0.717) is 17.5 Å². The zero-order chi connectivity index (χ0) is 9.14. The number of phenols is 2. The highest BCUT2D eigenvalue weighted by molar-refractivity contribution is 5.44. The monoisotopic (exact) mass is 164 g/mol. The molecule has 0 amide bonds. The summed E-state index contributed by atoms with van der Waals surface area (Å²) in [7, 11) is 0. The van der Waals surface area contributed by atoms with Crippen LogP contribution in [-0.4, -0.2) is 10.2 Å². The second-order valence-electron chi connectivity index (χ2n) is 2.76. The molecule has 0 spiro atoms. The predicted molar refractivity (Wildman–Crippen MR) is 48.4 cm³/mol. The summed E-state index contributed by atoms with van der Waals surface area (Å²) >= 11 is 0. The summed E-state index contributed by atoms with van der Waals surface area (Å²) in [5.41, 5.74) is 1.38. The fraction of sp³-hybridized carbons (Fsp3) is 0.200. The van der Waals surface area contributed by atoms with Gasteiger partial charge in [0.25, 0.3) is 0 Å². The molecule has 0 aliphatic carbocycles. The lowest BCUT2D eigenvalue weighted by Gasteiger charge is -2.04. The average Bonchev–Trinajstić information content (AvgIpc) is 2.01. The Morgan fingerprint density at radius 3 is 2.58 bits per heavy atom. The van der Waals surface area contributed by atoms with Crippen molar-refractivity contribution < 1.29 is 10.2 Å². The van der Waals surface area contributed by atoms with Gasteiger partial charge in [-0.3, -0.25) is 0 Å². The Morgan fingerprint density at radius 2 is 2.00 bits per heavy atom.